The molecule has 0 atom stereocenters. The van der Waals surface area contributed by atoms with E-state index in [1.165, 1.54) is 0 Å². The molecule has 3 rings (SSSR count). The summed E-state index contributed by atoms with van der Waals surface area (Å²) >= 11 is 2.21. The largest absolute Gasteiger partial charge is 0.343 e. The van der Waals surface area contributed by atoms with E-state index in [0.29, 0.717) is 11.3 Å². The fourth-order valence-electron chi connectivity index (χ4n) is 1.68. The van der Waals surface area contributed by atoms with E-state index < -0.39 is 0 Å². The smallest absolute Gasteiger partial charge is 0.274 e. The van der Waals surface area contributed by atoms with E-state index in [4.69, 9.17) is 0 Å². The standard InChI is InChI=1S/C13H9IN4O/c14-8-1-3-9(4-2-8)17-13(19)11-6-5-10-12(18-11)16-7-15-10/h1-7H,(H,17,19)(H,15,16,18). The molecule has 0 fully saturated rings. The molecular weight excluding hydrogens is 355 g/mol. The van der Waals surface area contributed by atoms with Crippen LogP contribution >= 0.6 is 22.6 Å². The third kappa shape index (κ3) is 2.58. The number of aromatic nitrogens is 3. The number of anilines is 1. The Labute approximate surface area is 122 Å². The maximum absolute atomic E-state index is 12.1. The van der Waals surface area contributed by atoms with Crippen LogP contribution in [0, 0.1) is 3.57 Å². The molecule has 2 N–H and O–H groups in total. The lowest BCUT2D eigenvalue weighted by Gasteiger charge is -2.04. The molecule has 2 heterocycles. The summed E-state index contributed by atoms with van der Waals surface area (Å²) in [5, 5.41) is 2.80. The molecule has 0 spiro atoms. The average Bonchev–Trinajstić information content (AvgIpc) is 2.88. The van der Waals surface area contributed by atoms with Crippen molar-refractivity contribution in [3.8, 4) is 0 Å². The van der Waals surface area contributed by atoms with Gasteiger partial charge in [-0.3, -0.25) is 4.79 Å². The van der Waals surface area contributed by atoms with Crippen molar-refractivity contribution in [1.29, 1.82) is 0 Å². The summed E-state index contributed by atoms with van der Waals surface area (Å²) < 4.78 is 1.12. The predicted octanol–water partition coefficient (Wildman–Crippen LogP) is 2.81. The van der Waals surface area contributed by atoms with Gasteiger partial charge in [-0.25, -0.2) is 9.97 Å². The SMILES string of the molecule is O=C(Nc1ccc(I)cc1)c1ccc2[nH]cnc2n1. The Morgan fingerprint density at radius 2 is 1.95 bits per heavy atom. The number of nitrogens with zero attached hydrogens (tertiary/aromatic N) is 2. The maximum Gasteiger partial charge on any atom is 0.274 e. The van der Waals surface area contributed by atoms with Crippen LogP contribution in [0.25, 0.3) is 11.2 Å². The van der Waals surface area contributed by atoms with Crippen molar-refractivity contribution in [2.24, 2.45) is 0 Å². The van der Waals surface area contributed by atoms with Gasteiger partial charge in [0.1, 0.15) is 5.69 Å². The van der Waals surface area contributed by atoms with Gasteiger partial charge in [-0.05, 0) is 59.0 Å². The Morgan fingerprint density at radius 1 is 1.16 bits per heavy atom. The number of rotatable bonds is 2. The van der Waals surface area contributed by atoms with Crippen molar-refractivity contribution >= 4 is 45.3 Å². The van der Waals surface area contributed by atoms with Crippen LogP contribution in [-0.2, 0) is 0 Å². The number of nitrogens with one attached hydrogen (secondary N) is 2. The van der Waals surface area contributed by atoms with Gasteiger partial charge in [0, 0.05) is 9.26 Å². The quantitative estimate of drug-likeness (QED) is 0.687. The summed E-state index contributed by atoms with van der Waals surface area (Å²) in [5.41, 5.74) is 2.44. The van der Waals surface area contributed by atoms with Crippen LogP contribution < -0.4 is 5.32 Å². The number of fused-ring (bicyclic) bond motifs is 1. The van der Waals surface area contributed by atoms with Crippen LogP contribution in [0.2, 0.25) is 0 Å². The Kier molecular flexibility index (Phi) is 3.16. The number of carbonyl (C=O) groups is 1. The lowest BCUT2D eigenvalue weighted by atomic mass is 10.3. The Balaban J connectivity index is 1.84. The van der Waals surface area contributed by atoms with Crippen LogP contribution in [-0.4, -0.2) is 20.9 Å². The molecular formula is C13H9IN4O. The molecule has 1 amide bonds. The second-order valence-corrected chi connectivity index (χ2v) is 5.18. The van der Waals surface area contributed by atoms with E-state index in [1.54, 1.807) is 18.5 Å². The lowest BCUT2D eigenvalue weighted by molar-refractivity contribution is 0.102. The molecule has 1 aromatic carbocycles. The van der Waals surface area contributed by atoms with Gasteiger partial charge >= 0.3 is 0 Å². The number of aromatic amines is 1. The monoisotopic (exact) mass is 364 g/mol. The average molecular weight is 364 g/mol. The molecule has 3 aromatic rings. The van der Waals surface area contributed by atoms with E-state index in [2.05, 4.69) is 42.9 Å². The summed E-state index contributed by atoms with van der Waals surface area (Å²) in [5.74, 6) is -0.244. The number of H-pyrrole nitrogens is 1. The number of imidazole rings is 1. The Bertz CT molecular complexity index is 736. The van der Waals surface area contributed by atoms with E-state index in [1.807, 2.05) is 24.3 Å². The molecule has 0 radical (unpaired) electrons. The summed E-state index contributed by atoms with van der Waals surface area (Å²) in [6, 6.07) is 11.0. The maximum atomic E-state index is 12.1. The minimum Gasteiger partial charge on any atom is -0.343 e. The summed E-state index contributed by atoms with van der Waals surface area (Å²) in [6.07, 6.45) is 1.55. The van der Waals surface area contributed by atoms with E-state index >= 15 is 0 Å². The predicted molar refractivity (Wildman–Crippen MR) is 81.0 cm³/mol. The first-order chi connectivity index (χ1) is 9.22. The highest BCUT2D eigenvalue weighted by atomic mass is 127. The Morgan fingerprint density at radius 3 is 2.74 bits per heavy atom. The second kappa shape index (κ2) is 4.96. The highest BCUT2D eigenvalue weighted by Crippen LogP contribution is 2.13. The van der Waals surface area contributed by atoms with Crippen molar-refractivity contribution in [1.82, 2.24) is 15.0 Å². The van der Waals surface area contributed by atoms with Gasteiger partial charge in [-0.2, -0.15) is 0 Å². The normalized spacial score (nSPS) is 10.6. The van der Waals surface area contributed by atoms with Crippen molar-refractivity contribution in [3.63, 3.8) is 0 Å². The fourth-order valence-corrected chi connectivity index (χ4v) is 2.04. The van der Waals surface area contributed by atoms with Gasteiger partial charge in [-0.15, -0.1) is 0 Å². The second-order valence-electron chi connectivity index (χ2n) is 3.93. The highest BCUT2D eigenvalue weighted by Gasteiger charge is 2.09. The molecule has 2 aromatic heterocycles. The van der Waals surface area contributed by atoms with Gasteiger partial charge in [0.2, 0.25) is 0 Å². The molecule has 19 heavy (non-hydrogen) atoms. The summed E-state index contributed by atoms with van der Waals surface area (Å²) in [4.78, 5) is 23.2. The molecule has 0 aliphatic carbocycles. The van der Waals surface area contributed by atoms with E-state index in [9.17, 15) is 4.79 Å². The van der Waals surface area contributed by atoms with E-state index in [0.717, 1.165) is 14.8 Å². The molecule has 94 valence electrons. The van der Waals surface area contributed by atoms with Crippen LogP contribution in [0.15, 0.2) is 42.7 Å². The van der Waals surface area contributed by atoms with E-state index in [-0.39, 0.29) is 5.91 Å². The molecule has 0 bridgehead atoms. The number of hydrogen-bond acceptors (Lipinski definition) is 3. The van der Waals surface area contributed by atoms with Gasteiger partial charge in [-0.1, -0.05) is 0 Å². The number of pyridine rings is 1. The van der Waals surface area contributed by atoms with Crippen LogP contribution in [0.1, 0.15) is 10.5 Å². The minimum atomic E-state index is -0.244. The van der Waals surface area contributed by atoms with Gasteiger partial charge in [0.15, 0.2) is 5.65 Å². The zero-order valence-electron chi connectivity index (χ0n) is 9.72. The molecule has 0 aliphatic heterocycles. The molecule has 0 aliphatic rings. The highest BCUT2D eigenvalue weighted by molar-refractivity contribution is 14.1. The number of amides is 1. The van der Waals surface area contributed by atoms with Crippen molar-refractivity contribution in [2.75, 3.05) is 5.32 Å². The third-order valence-electron chi connectivity index (χ3n) is 2.62. The van der Waals surface area contributed by atoms with Crippen molar-refractivity contribution in [3.05, 3.63) is 52.0 Å². The molecule has 5 nitrogen and oxygen atoms in total. The van der Waals surface area contributed by atoms with Gasteiger partial charge in [0.25, 0.3) is 5.91 Å². The number of hydrogen-bond donors (Lipinski definition) is 2. The van der Waals surface area contributed by atoms with Crippen LogP contribution in [0.4, 0.5) is 5.69 Å². The first-order valence-electron chi connectivity index (χ1n) is 5.59. The van der Waals surface area contributed by atoms with Crippen molar-refractivity contribution in [2.45, 2.75) is 0 Å². The lowest BCUT2D eigenvalue weighted by Crippen LogP contribution is -2.13. The van der Waals surface area contributed by atoms with Gasteiger partial charge in [0.05, 0.1) is 11.8 Å². The van der Waals surface area contributed by atoms with Crippen LogP contribution in [0.5, 0.6) is 0 Å². The zero-order valence-corrected chi connectivity index (χ0v) is 11.9. The fraction of sp³-hybridized carbons (Fsp3) is 0. The molecule has 6 heteroatoms. The first-order valence-corrected chi connectivity index (χ1v) is 6.67. The molecule has 0 saturated heterocycles. The van der Waals surface area contributed by atoms with Crippen LogP contribution in [0.3, 0.4) is 0 Å². The zero-order chi connectivity index (χ0) is 13.2. The number of halogens is 1. The number of benzene rings is 1. The summed E-state index contributed by atoms with van der Waals surface area (Å²) in [7, 11) is 0. The van der Waals surface area contributed by atoms with Crippen molar-refractivity contribution < 1.29 is 4.79 Å². The molecule has 0 saturated carbocycles. The minimum absolute atomic E-state index is 0.244. The first kappa shape index (κ1) is 12.1. The topological polar surface area (TPSA) is 70.7 Å². The summed E-state index contributed by atoms with van der Waals surface area (Å²) in [6.45, 7) is 0. The number of carbonyl (C=O) groups excluding carboxylic acids is 1. The third-order valence-corrected chi connectivity index (χ3v) is 3.34. The Hall–Kier alpha value is -1.96. The molecule has 0 unspecified atom stereocenters. The van der Waals surface area contributed by atoms with Gasteiger partial charge < -0.3 is 10.3 Å².